The number of rotatable bonds is 3. The van der Waals surface area contributed by atoms with Gasteiger partial charge < -0.3 is 5.32 Å². The van der Waals surface area contributed by atoms with Crippen LogP contribution >= 0.6 is 0 Å². The Morgan fingerprint density at radius 3 is 2.46 bits per heavy atom. The average molecular weight is 175 g/mol. The zero-order valence-corrected chi connectivity index (χ0v) is 8.59. The Morgan fingerprint density at radius 2 is 1.92 bits per heavy atom. The molecule has 0 saturated heterocycles. The molecule has 0 aromatic heterocycles. The zero-order chi connectivity index (χ0) is 9.68. The molecular formula is C12H17N. The van der Waals surface area contributed by atoms with Crippen molar-refractivity contribution in [2.45, 2.75) is 27.2 Å². The minimum Gasteiger partial charge on any atom is -0.359 e. The molecule has 0 radical (unpaired) electrons. The van der Waals surface area contributed by atoms with Crippen LogP contribution in [0.4, 0.5) is 5.69 Å². The maximum atomic E-state index is 3.33. The SMILES string of the molecule is CC/C=C(/C)Nc1ccc(C)cc1. The molecule has 0 saturated carbocycles. The van der Waals surface area contributed by atoms with Crippen molar-refractivity contribution in [1.29, 1.82) is 0 Å². The summed E-state index contributed by atoms with van der Waals surface area (Å²) in [4.78, 5) is 0. The lowest BCUT2D eigenvalue weighted by Crippen LogP contribution is -1.94. The molecule has 1 aromatic carbocycles. The van der Waals surface area contributed by atoms with Gasteiger partial charge in [0.25, 0.3) is 0 Å². The third-order valence-corrected chi connectivity index (χ3v) is 1.90. The first kappa shape index (κ1) is 9.85. The lowest BCUT2D eigenvalue weighted by molar-refractivity contribution is 1.18. The molecule has 1 N–H and O–H groups in total. The highest BCUT2D eigenvalue weighted by Gasteiger charge is 1.90. The lowest BCUT2D eigenvalue weighted by Gasteiger charge is -2.06. The van der Waals surface area contributed by atoms with Crippen LogP contribution in [-0.2, 0) is 0 Å². The second-order valence-corrected chi connectivity index (χ2v) is 3.29. The first-order valence-corrected chi connectivity index (χ1v) is 4.73. The van der Waals surface area contributed by atoms with Gasteiger partial charge in [-0.25, -0.2) is 0 Å². The fraction of sp³-hybridized carbons (Fsp3) is 0.333. The molecule has 0 amide bonds. The Bertz CT molecular complexity index is 282. The highest BCUT2D eigenvalue weighted by Crippen LogP contribution is 2.11. The molecular weight excluding hydrogens is 158 g/mol. The van der Waals surface area contributed by atoms with Crippen LogP contribution in [-0.4, -0.2) is 0 Å². The van der Waals surface area contributed by atoms with Gasteiger partial charge in [-0.15, -0.1) is 0 Å². The summed E-state index contributed by atoms with van der Waals surface area (Å²) < 4.78 is 0. The first-order chi connectivity index (χ1) is 6.22. The summed E-state index contributed by atoms with van der Waals surface area (Å²) in [7, 11) is 0. The largest absolute Gasteiger partial charge is 0.359 e. The van der Waals surface area contributed by atoms with Gasteiger partial charge in [0.05, 0.1) is 0 Å². The number of aryl methyl sites for hydroxylation is 1. The summed E-state index contributed by atoms with van der Waals surface area (Å²) in [6, 6.07) is 8.42. The lowest BCUT2D eigenvalue weighted by atomic mass is 10.2. The van der Waals surface area contributed by atoms with Gasteiger partial charge in [0, 0.05) is 11.4 Å². The third kappa shape index (κ3) is 3.32. The van der Waals surface area contributed by atoms with Crippen LogP contribution in [0.15, 0.2) is 36.0 Å². The Balaban J connectivity index is 2.64. The van der Waals surface area contributed by atoms with Gasteiger partial charge in [0.2, 0.25) is 0 Å². The van der Waals surface area contributed by atoms with Crippen molar-refractivity contribution in [3.63, 3.8) is 0 Å². The van der Waals surface area contributed by atoms with Crippen LogP contribution < -0.4 is 5.32 Å². The van der Waals surface area contributed by atoms with E-state index >= 15 is 0 Å². The summed E-state index contributed by atoms with van der Waals surface area (Å²) in [5, 5.41) is 3.33. The Morgan fingerprint density at radius 1 is 1.31 bits per heavy atom. The smallest absolute Gasteiger partial charge is 0.0381 e. The topological polar surface area (TPSA) is 12.0 Å². The fourth-order valence-corrected chi connectivity index (χ4v) is 1.22. The molecule has 13 heavy (non-hydrogen) atoms. The molecule has 0 spiro atoms. The van der Waals surface area contributed by atoms with E-state index in [1.54, 1.807) is 0 Å². The Hall–Kier alpha value is -1.24. The van der Waals surface area contributed by atoms with Crippen molar-refractivity contribution >= 4 is 5.69 Å². The van der Waals surface area contributed by atoms with Crippen molar-refractivity contribution in [2.24, 2.45) is 0 Å². The van der Waals surface area contributed by atoms with Crippen molar-refractivity contribution in [2.75, 3.05) is 5.32 Å². The van der Waals surface area contributed by atoms with Gasteiger partial charge in [-0.2, -0.15) is 0 Å². The van der Waals surface area contributed by atoms with Crippen molar-refractivity contribution in [3.8, 4) is 0 Å². The standard InChI is InChI=1S/C12H17N/c1-4-5-11(3)13-12-8-6-10(2)7-9-12/h5-9,13H,4H2,1-3H3/b11-5-. The molecule has 0 unspecified atom stereocenters. The molecule has 1 aromatic rings. The van der Waals surface area contributed by atoms with Gasteiger partial charge in [0.1, 0.15) is 0 Å². The predicted molar refractivity (Wildman–Crippen MR) is 58.8 cm³/mol. The van der Waals surface area contributed by atoms with Crippen LogP contribution in [0.1, 0.15) is 25.8 Å². The van der Waals surface area contributed by atoms with E-state index in [1.807, 2.05) is 0 Å². The molecule has 0 atom stereocenters. The third-order valence-electron chi connectivity index (χ3n) is 1.90. The number of hydrogen-bond donors (Lipinski definition) is 1. The quantitative estimate of drug-likeness (QED) is 0.738. The normalized spacial score (nSPS) is 11.5. The van der Waals surface area contributed by atoms with Crippen LogP contribution in [0.3, 0.4) is 0 Å². The number of benzene rings is 1. The second-order valence-electron chi connectivity index (χ2n) is 3.29. The van der Waals surface area contributed by atoms with Gasteiger partial charge in [0.15, 0.2) is 0 Å². The van der Waals surface area contributed by atoms with E-state index in [2.05, 4.69) is 56.4 Å². The van der Waals surface area contributed by atoms with E-state index in [1.165, 1.54) is 11.3 Å². The van der Waals surface area contributed by atoms with Crippen molar-refractivity contribution in [1.82, 2.24) is 0 Å². The minimum atomic E-state index is 1.07. The Labute approximate surface area is 80.5 Å². The van der Waals surface area contributed by atoms with Crippen molar-refractivity contribution < 1.29 is 0 Å². The number of hydrogen-bond acceptors (Lipinski definition) is 1. The monoisotopic (exact) mass is 175 g/mol. The van der Waals surface area contributed by atoms with E-state index < -0.39 is 0 Å². The van der Waals surface area contributed by atoms with E-state index in [0.29, 0.717) is 0 Å². The van der Waals surface area contributed by atoms with E-state index in [9.17, 15) is 0 Å². The molecule has 0 aliphatic carbocycles. The zero-order valence-electron chi connectivity index (χ0n) is 8.59. The molecule has 0 heterocycles. The molecule has 1 nitrogen and oxygen atoms in total. The summed E-state index contributed by atoms with van der Waals surface area (Å²) >= 11 is 0. The van der Waals surface area contributed by atoms with Gasteiger partial charge in [-0.05, 0) is 32.4 Å². The molecule has 0 fully saturated rings. The van der Waals surface area contributed by atoms with E-state index in [4.69, 9.17) is 0 Å². The van der Waals surface area contributed by atoms with Gasteiger partial charge in [-0.3, -0.25) is 0 Å². The van der Waals surface area contributed by atoms with E-state index in [-0.39, 0.29) is 0 Å². The second kappa shape index (κ2) is 4.70. The van der Waals surface area contributed by atoms with Crippen LogP contribution in [0, 0.1) is 6.92 Å². The van der Waals surface area contributed by atoms with Gasteiger partial charge >= 0.3 is 0 Å². The van der Waals surface area contributed by atoms with E-state index in [0.717, 1.165) is 12.1 Å². The summed E-state index contributed by atoms with van der Waals surface area (Å²) in [6.07, 6.45) is 3.25. The predicted octanol–water partition coefficient (Wildman–Crippen LogP) is 3.72. The molecule has 0 aliphatic rings. The van der Waals surface area contributed by atoms with Crippen LogP contribution in [0.25, 0.3) is 0 Å². The molecule has 1 rings (SSSR count). The fourth-order valence-electron chi connectivity index (χ4n) is 1.22. The maximum absolute atomic E-state index is 3.33. The van der Waals surface area contributed by atoms with Crippen molar-refractivity contribution in [3.05, 3.63) is 41.6 Å². The molecule has 70 valence electrons. The van der Waals surface area contributed by atoms with Crippen LogP contribution in [0.2, 0.25) is 0 Å². The number of anilines is 1. The highest BCUT2D eigenvalue weighted by molar-refractivity contribution is 5.48. The molecule has 0 aliphatic heterocycles. The van der Waals surface area contributed by atoms with Gasteiger partial charge in [-0.1, -0.05) is 30.7 Å². The Kier molecular flexibility index (Phi) is 3.56. The summed E-state index contributed by atoms with van der Waals surface area (Å²) in [5.41, 5.74) is 3.67. The summed E-state index contributed by atoms with van der Waals surface area (Å²) in [5.74, 6) is 0. The van der Waals surface area contributed by atoms with Crippen LogP contribution in [0.5, 0.6) is 0 Å². The number of nitrogens with one attached hydrogen (secondary N) is 1. The minimum absolute atomic E-state index is 1.07. The maximum Gasteiger partial charge on any atom is 0.0381 e. The summed E-state index contributed by atoms with van der Waals surface area (Å²) in [6.45, 7) is 6.32. The first-order valence-electron chi connectivity index (χ1n) is 4.73. The molecule has 1 heteroatoms. The molecule has 0 bridgehead atoms. The highest BCUT2D eigenvalue weighted by atomic mass is 14.9. The average Bonchev–Trinajstić information content (AvgIpc) is 2.09. The number of allylic oxidation sites excluding steroid dienone is 2.